The Morgan fingerprint density at radius 2 is 1.16 bits per heavy atom. The molecule has 0 saturated heterocycles. The summed E-state index contributed by atoms with van der Waals surface area (Å²) in [5.74, 6) is 5.63. The Hall–Kier alpha value is -1.06. The quantitative estimate of drug-likeness (QED) is 0.653. The smallest absolute Gasteiger partial charge is 0.0406 e. The van der Waals surface area contributed by atoms with Gasteiger partial charge in [0.05, 0.1) is 0 Å². The van der Waals surface area contributed by atoms with Gasteiger partial charge in [-0.15, -0.1) is 0 Å². The highest BCUT2D eigenvalue weighted by atomic mass is 35.5. The lowest BCUT2D eigenvalue weighted by atomic mass is 9.99. The second-order valence-electron chi connectivity index (χ2n) is 4.52. The third-order valence-electron chi connectivity index (χ3n) is 3.03. The topological polar surface area (TPSA) is 38.0 Å². The first-order valence-corrected chi connectivity index (χ1v) is 6.88. The van der Waals surface area contributed by atoms with Crippen LogP contribution in [0.4, 0.5) is 0 Å². The van der Waals surface area contributed by atoms with E-state index < -0.39 is 0 Å². The summed E-state index contributed by atoms with van der Waals surface area (Å²) in [6, 6.07) is 15.9. The van der Waals surface area contributed by atoms with Gasteiger partial charge >= 0.3 is 0 Å². The van der Waals surface area contributed by atoms with Crippen LogP contribution in [0.5, 0.6) is 0 Å². The number of rotatable bonds is 5. The molecular weight excluding hydrogens is 279 g/mol. The van der Waals surface area contributed by atoms with E-state index >= 15 is 0 Å². The van der Waals surface area contributed by atoms with E-state index in [2.05, 4.69) is 5.43 Å². The molecular formula is C15H16Cl2N2. The zero-order valence-corrected chi connectivity index (χ0v) is 12.0. The summed E-state index contributed by atoms with van der Waals surface area (Å²) in [6.45, 7) is 0. The second-order valence-corrected chi connectivity index (χ2v) is 5.40. The van der Waals surface area contributed by atoms with Crippen LogP contribution >= 0.6 is 23.2 Å². The molecule has 3 N–H and O–H groups in total. The summed E-state index contributed by atoms with van der Waals surface area (Å²) < 4.78 is 0. The number of hydrazine groups is 1. The number of benzene rings is 2. The molecule has 2 rings (SSSR count). The first kappa shape index (κ1) is 14.4. The fourth-order valence-electron chi connectivity index (χ4n) is 2.00. The van der Waals surface area contributed by atoms with Crippen LogP contribution in [0.15, 0.2) is 48.5 Å². The number of hydrogen-bond acceptors (Lipinski definition) is 2. The molecule has 0 unspecified atom stereocenters. The van der Waals surface area contributed by atoms with E-state index in [9.17, 15) is 0 Å². The summed E-state index contributed by atoms with van der Waals surface area (Å²) >= 11 is 11.7. The molecule has 0 aliphatic heterocycles. The fourth-order valence-corrected chi connectivity index (χ4v) is 2.25. The van der Waals surface area contributed by atoms with Crippen molar-refractivity contribution >= 4 is 23.2 Å². The lowest BCUT2D eigenvalue weighted by Crippen LogP contribution is -2.38. The number of hydrogen-bond donors (Lipinski definition) is 2. The maximum atomic E-state index is 5.87. The van der Waals surface area contributed by atoms with Crippen LogP contribution < -0.4 is 11.3 Å². The van der Waals surface area contributed by atoms with Crippen molar-refractivity contribution in [1.29, 1.82) is 0 Å². The molecule has 0 saturated carbocycles. The monoisotopic (exact) mass is 294 g/mol. The van der Waals surface area contributed by atoms with E-state index in [-0.39, 0.29) is 6.04 Å². The Bertz CT molecular complexity index is 461. The minimum Gasteiger partial charge on any atom is -0.271 e. The van der Waals surface area contributed by atoms with Crippen LogP contribution in [0.1, 0.15) is 11.1 Å². The highest BCUT2D eigenvalue weighted by Crippen LogP contribution is 2.14. The Labute approximate surface area is 123 Å². The normalized spacial score (nSPS) is 10.9. The average molecular weight is 295 g/mol. The van der Waals surface area contributed by atoms with Crippen molar-refractivity contribution in [3.8, 4) is 0 Å². The zero-order chi connectivity index (χ0) is 13.7. The predicted octanol–water partition coefficient (Wildman–Crippen LogP) is 3.61. The third-order valence-corrected chi connectivity index (χ3v) is 3.53. The van der Waals surface area contributed by atoms with Gasteiger partial charge in [-0.05, 0) is 48.2 Å². The van der Waals surface area contributed by atoms with Gasteiger partial charge in [0.1, 0.15) is 0 Å². The van der Waals surface area contributed by atoms with Crippen molar-refractivity contribution in [3.63, 3.8) is 0 Å². The molecule has 0 atom stereocenters. The van der Waals surface area contributed by atoms with E-state index in [1.165, 1.54) is 11.1 Å². The van der Waals surface area contributed by atoms with E-state index in [0.717, 1.165) is 22.9 Å². The van der Waals surface area contributed by atoms with Gasteiger partial charge in [-0.25, -0.2) is 0 Å². The highest BCUT2D eigenvalue weighted by molar-refractivity contribution is 6.30. The van der Waals surface area contributed by atoms with Gasteiger partial charge in [-0.2, -0.15) is 0 Å². The van der Waals surface area contributed by atoms with E-state index in [0.29, 0.717) is 0 Å². The Kier molecular flexibility index (Phi) is 5.23. The summed E-state index contributed by atoms with van der Waals surface area (Å²) in [4.78, 5) is 0. The average Bonchev–Trinajstić information content (AvgIpc) is 2.43. The standard InChI is InChI=1S/C15H16Cl2N2/c16-13-5-1-11(2-6-13)9-15(19-18)10-12-3-7-14(17)8-4-12/h1-8,15,19H,9-10,18H2. The predicted molar refractivity (Wildman–Crippen MR) is 81.4 cm³/mol. The van der Waals surface area contributed by atoms with Crippen molar-refractivity contribution < 1.29 is 0 Å². The molecule has 0 aromatic heterocycles. The lowest BCUT2D eigenvalue weighted by Gasteiger charge is -2.16. The van der Waals surface area contributed by atoms with Gasteiger partial charge in [-0.3, -0.25) is 11.3 Å². The molecule has 0 heterocycles. The van der Waals surface area contributed by atoms with Gasteiger partial charge < -0.3 is 0 Å². The lowest BCUT2D eigenvalue weighted by molar-refractivity contribution is 0.522. The van der Waals surface area contributed by atoms with Gasteiger partial charge in [0.25, 0.3) is 0 Å². The summed E-state index contributed by atoms with van der Waals surface area (Å²) in [5.41, 5.74) is 5.28. The van der Waals surface area contributed by atoms with Crippen LogP contribution in [-0.4, -0.2) is 6.04 Å². The molecule has 4 heteroatoms. The Balaban J connectivity index is 2.00. The zero-order valence-electron chi connectivity index (χ0n) is 10.4. The van der Waals surface area contributed by atoms with Crippen LogP contribution in [0.3, 0.4) is 0 Å². The van der Waals surface area contributed by atoms with Crippen molar-refractivity contribution in [2.45, 2.75) is 18.9 Å². The number of nitrogens with two attached hydrogens (primary N) is 1. The van der Waals surface area contributed by atoms with Crippen molar-refractivity contribution in [3.05, 3.63) is 69.7 Å². The Morgan fingerprint density at radius 3 is 1.47 bits per heavy atom. The van der Waals surface area contributed by atoms with Gasteiger partial charge in [-0.1, -0.05) is 47.5 Å². The maximum absolute atomic E-state index is 5.87. The number of nitrogens with one attached hydrogen (secondary N) is 1. The van der Waals surface area contributed by atoms with Crippen molar-refractivity contribution in [2.24, 2.45) is 5.84 Å². The van der Waals surface area contributed by atoms with Gasteiger partial charge in [0, 0.05) is 16.1 Å². The maximum Gasteiger partial charge on any atom is 0.0406 e. The summed E-state index contributed by atoms with van der Waals surface area (Å²) in [5, 5.41) is 1.50. The third kappa shape index (κ3) is 4.51. The van der Waals surface area contributed by atoms with Crippen LogP contribution in [0.2, 0.25) is 10.0 Å². The van der Waals surface area contributed by atoms with Gasteiger partial charge in [0.2, 0.25) is 0 Å². The van der Waals surface area contributed by atoms with E-state index in [4.69, 9.17) is 29.0 Å². The second kappa shape index (κ2) is 6.92. The number of halogens is 2. The molecule has 0 spiro atoms. The fraction of sp³-hybridized carbons (Fsp3) is 0.200. The SMILES string of the molecule is NNC(Cc1ccc(Cl)cc1)Cc1ccc(Cl)cc1. The van der Waals surface area contributed by atoms with Crippen LogP contribution in [0, 0.1) is 0 Å². The molecule has 2 aromatic rings. The summed E-state index contributed by atoms with van der Waals surface area (Å²) in [6.07, 6.45) is 1.71. The minimum absolute atomic E-state index is 0.183. The molecule has 0 amide bonds. The highest BCUT2D eigenvalue weighted by Gasteiger charge is 2.09. The summed E-state index contributed by atoms with van der Waals surface area (Å²) in [7, 11) is 0. The molecule has 2 aromatic carbocycles. The first-order valence-electron chi connectivity index (χ1n) is 6.12. The molecule has 0 aliphatic rings. The van der Waals surface area contributed by atoms with Crippen molar-refractivity contribution in [2.75, 3.05) is 0 Å². The molecule has 19 heavy (non-hydrogen) atoms. The van der Waals surface area contributed by atoms with Crippen LogP contribution in [-0.2, 0) is 12.8 Å². The van der Waals surface area contributed by atoms with Gasteiger partial charge in [0.15, 0.2) is 0 Å². The van der Waals surface area contributed by atoms with Crippen molar-refractivity contribution in [1.82, 2.24) is 5.43 Å². The largest absolute Gasteiger partial charge is 0.271 e. The molecule has 100 valence electrons. The molecule has 2 nitrogen and oxygen atoms in total. The molecule has 0 fully saturated rings. The molecule has 0 radical (unpaired) electrons. The van der Waals surface area contributed by atoms with E-state index in [1.54, 1.807) is 0 Å². The first-order chi connectivity index (χ1) is 9.17. The molecule has 0 bridgehead atoms. The molecule has 0 aliphatic carbocycles. The minimum atomic E-state index is 0.183. The Morgan fingerprint density at radius 1 is 0.789 bits per heavy atom. The van der Waals surface area contributed by atoms with E-state index in [1.807, 2.05) is 48.5 Å². The van der Waals surface area contributed by atoms with Crippen LogP contribution in [0.25, 0.3) is 0 Å².